The zero-order valence-corrected chi connectivity index (χ0v) is 30.4. The lowest BCUT2D eigenvalue weighted by atomic mass is 10.1. The number of fused-ring (bicyclic) bond motifs is 1. The Hall–Kier alpha value is -2.02. The van der Waals surface area contributed by atoms with Crippen molar-refractivity contribution in [2.75, 3.05) is 33.9 Å². The molecule has 0 aromatic carbocycles. The Morgan fingerprint density at radius 3 is 2.27 bits per heavy atom. The van der Waals surface area contributed by atoms with Crippen molar-refractivity contribution in [3.8, 4) is 0 Å². The fourth-order valence-electron chi connectivity index (χ4n) is 4.48. The monoisotopic (exact) mass is 654 g/mol. The van der Waals surface area contributed by atoms with E-state index in [0.29, 0.717) is 13.2 Å². The van der Waals surface area contributed by atoms with Crippen molar-refractivity contribution in [3.63, 3.8) is 0 Å². The molecule has 4 rings (SSSR count). The van der Waals surface area contributed by atoms with Gasteiger partial charge in [-0.3, -0.25) is 13.9 Å². The van der Waals surface area contributed by atoms with Gasteiger partial charge in [-0.25, -0.2) is 14.4 Å². The number of hydrogen-bond acceptors (Lipinski definition) is 9. The molecule has 4 heterocycles. The van der Waals surface area contributed by atoms with E-state index in [1.165, 1.54) is 15.5 Å². The molecule has 0 radical (unpaired) electrons. The Kier molecular flexibility index (Phi) is 10.0. The van der Waals surface area contributed by atoms with Crippen molar-refractivity contribution in [1.29, 1.82) is 0 Å². The van der Waals surface area contributed by atoms with Gasteiger partial charge in [-0.1, -0.05) is 41.5 Å². The second-order valence-electron chi connectivity index (χ2n) is 15.0. The van der Waals surface area contributed by atoms with Crippen LogP contribution in [0, 0.1) is 0 Å². The molecule has 2 aliphatic rings. The van der Waals surface area contributed by atoms with Crippen LogP contribution in [0.15, 0.2) is 16.1 Å². The van der Waals surface area contributed by atoms with Gasteiger partial charge >= 0.3 is 0 Å². The zero-order chi connectivity index (χ0) is 32.8. The number of hydrogen-bond donors (Lipinski definition) is 0. The Morgan fingerprint density at radius 2 is 1.70 bits per heavy atom. The first-order valence-corrected chi connectivity index (χ1v) is 21.1. The van der Waals surface area contributed by atoms with E-state index in [9.17, 15) is 4.79 Å². The molecule has 2 aliphatic heterocycles. The summed E-state index contributed by atoms with van der Waals surface area (Å²) in [6, 6.07) is 0. The molecule has 0 saturated carbocycles. The van der Waals surface area contributed by atoms with Gasteiger partial charge in [0, 0.05) is 14.1 Å². The van der Waals surface area contributed by atoms with Gasteiger partial charge in [0.1, 0.15) is 12.2 Å². The van der Waals surface area contributed by atoms with Crippen molar-refractivity contribution in [3.05, 3.63) is 16.7 Å². The van der Waals surface area contributed by atoms with E-state index in [1.807, 2.05) is 14.1 Å². The van der Waals surface area contributed by atoms with Crippen LogP contribution in [-0.2, 0) is 29.6 Å². The molecule has 0 aliphatic carbocycles. The Balaban J connectivity index is 1.75. The maximum absolute atomic E-state index is 16.7. The summed E-state index contributed by atoms with van der Waals surface area (Å²) in [6.45, 7) is 22.5. The first kappa shape index (κ1) is 34.8. The zero-order valence-electron chi connectivity index (χ0n) is 28.4. The van der Waals surface area contributed by atoms with Crippen LogP contribution in [0.1, 0.15) is 47.8 Å². The van der Waals surface area contributed by atoms with Gasteiger partial charge in [0.15, 0.2) is 46.5 Å². The molecule has 15 heteroatoms. The number of imidazole rings is 1. The third-order valence-corrected chi connectivity index (χ3v) is 18.3. The first-order chi connectivity index (χ1) is 20.2. The van der Waals surface area contributed by atoms with Crippen LogP contribution in [-0.4, -0.2) is 106 Å². The van der Waals surface area contributed by atoms with Crippen LogP contribution in [0.2, 0.25) is 36.3 Å². The van der Waals surface area contributed by atoms with E-state index in [-0.39, 0.29) is 40.3 Å². The highest BCUT2D eigenvalue weighted by atomic mass is 28.4. The molecule has 0 spiro atoms. The van der Waals surface area contributed by atoms with Crippen LogP contribution in [0.3, 0.4) is 0 Å². The molecule has 0 unspecified atom stereocenters. The number of aromatic nitrogens is 4. The van der Waals surface area contributed by atoms with Gasteiger partial charge in [-0.15, -0.1) is 0 Å². The van der Waals surface area contributed by atoms with E-state index in [2.05, 4.69) is 77.7 Å². The average molecular weight is 655 g/mol. The molecule has 44 heavy (non-hydrogen) atoms. The molecule has 2 saturated heterocycles. The average Bonchev–Trinajstić information content (AvgIpc) is 3.62. The van der Waals surface area contributed by atoms with Crippen LogP contribution in [0.4, 0.5) is 10.3 Å². The van der Waals surface area contributed by atoms with Crippen LogP contribution in [0.5, 0.6) is 0 Å². The van der Waals surface area contributed by atoms with Crippen molar-refractivity contribution < 1.29 is 27.5 Å². The number of rotatable bonds is 10. The molecular weight excluding hydrogens is 604 g/mol. The molecule has 2 fully saturated rings. The Morgan fingerprint density at radius 1 is 1.09 bits per heavy atom. The predicted molar refractivity (Wildman–Crippen MR) is 173 cm³/mol. The van der Waals surface area contributed by atoms with Gasteiger partial charge < -0.3 is 28.0 Å². The lowest BCUT2D eigenvalue weighted by molar-refractivity contribution is -0.0528. The molecule has 12 nitrogen and oxygen atoms in total. The highest BCUT2D eigenvalue weighted by molar-refractivity contribution is 6.74. The highest BCUT2D eigenvalue weighted by Crippen LogP contribution is 2.44. The third kappa shape index (κ3) is 7.18. The maximum Gasteiger partial charge on any atom is 0.283 e. The van der Waals surface area contributed by atoms with E-state index >= 15 is 4.39 Å². The molecule has 2 aromatic heterocycles. The number of ether oxygens (including phenoxy) is 3. The molecular formula is C29H51FN6O6Si2. The number of nitrogens with zero attached hydrogens (tertiary/aromatic N) is 6. The summed E-state index contributed by atoms with van der Waals surface area (Å²) in [5.74, 6) is 0.123. The van der Waals surface area contributed by atoms with Crippen molar-refractivity contribution in [1.82, 2.24) is 24.0 Å². The summed E-state index contributed by atoms with van der Waals surface area (Å²) in [6.07, 6.45) is -1.88. The Bertz CT molecular complexity index is 1390. The molecule has 4 atom stereocenters. The minimum absolute atomic E-state index is 0.0294. The van der Waals surface area contributed by atoms with Crippen molar-refractivity contribution in [2.45, 2.75) is 115 Å². The second-order valence-corrected chi connectivity index (χ2v) is 24.5. The summed E-state index contributed by atoms with van der Waals surface area (Å²) >= 11 is 0. The van der Waals surface area contributed by atoms with Gasteiger partial charge in [-0.2, -0.15) is 4.98 Å². The third-order valence-electron chi connectivity index (χ3n) is 9.28. The standard InChI is InChI=1S/C29H51FN6O6Si2/c1-28(2,3)43(9,10)40-16-19-23(42-44(11,12)29(4,5)6)21(30)26(41-19)36-18-31-22-24(36)33-27(32-17-34(7)8)35(25(22)37)15-20-38-13-14-39-20/h17-21,23,26H,13-16H2,1-12H3/b32-17-/t19-,21+,23-,26-/m1/s1. The summed E-state index contributed by atoms with van der Waals surface area (Å²) in [5, 5.41) is -0.172. The fourth-order valence-corrected chi connectivity index (χ4v) is 6.81. The van der Waals surface area contributed by atoms with Gasteiger partial charge in [-0.05, 0) is 36.3 Å². The number of halogens is 1. The lowest BCUT2D eigenvalue weighted by Crippen LogP contribution is -2.50. The van der Waals surface area contributed by atoms with Gasteiger partial charge in [0.2, 0.25) is 5.95 Å². The molecule has 0 amide bonds. The molecule has 0 bridgehead atoms. The number of alkyl halides is 1. The summed E-state index contributed by atoms with van der Waals surface area (Å²) < 4.78 is 50.3. The second kappa shape index (κ2) is 12.6. The lowest BCUT2D eigenvalue weighted by Gasteiger charge is -2.40. The Labute approximate surface area is 262 Å². The predicted octanol–water partition coefficient (Wildman–Crippen LogP) is 4.84. The summed E-state index contributed by atoms with van der Waals surface area (Å²) in [4.78, 5) is 28.9. The molecule has 248 valence electrons. The molecule has 0 N–H and O–H groups in total. The minimum atomic E-state index is -2.40. The first-order valence-electron chi connectivity index (χ1n) is 15.3. The fraction of sp³-hybridized carbons (Fsp3) is 0.793. The van der Waals surface area contributed by atoms with E-state index in [0.717, 1.165) is 0 Å². The van der Waals surface area contributed by atoms with Crippen LogP contribution in [0.25, 0.3) is 11.2 Å². The van der Waals surface area contributed by atoms with Crippen LogP contribution >= 0.6 is 0 Å². The summed E-state index contributed by atoms with van der Waals surface area (Å²) in [5.41, 5.74) is -0.181. The SMILES string of the molecule is CN(C)/C=N\c1nc2c(ncn2[C@@H]2O[C@H](CO[Si](C)(C)C(C)(C)C)[C@@H](O[Si](C)(C)C(C)(C)C)[C@@H]2F)c(=O)n1CC1OCCO1. The smallest absolute Gasteiger partial charge is 0.283 e. The van der Waals surface area contributed by atoms with Crippen molar-refractivity contribution >= 4 is 40.1 Å². The normalized spacial score (nSPS) is 24.3. The van der Waals surface area contributed by atoms with Gasteiger partial charge in [0.05, 0.1) is 39.0 Å². The largest absolute Gasteiger partial charge is 0.414 e. The van der Waals surface area contributed by atoms with Crippen molar-refractivity contribution in [2.24, 2.45) is 4.99 Å². The van der Waals surface area contributed by atoms with E-state index < -0.39 is 53.1 Å². The van der Waals surface area contributed by atoms with Crippen LogP contribution < -0.4 is 5.56 Å². The highest BCUT2D eigenvalue weighted by Gasteiger charge is 2.52. The van der Waals surface area contributed by atoms with E-state index in [1.54, 1.807) is 11.2 Å². The quantitative estimate of drug-likeness (QED) is 0.202. The number of aliphatic imine (C=N–C) groups is 1. The van der Waals surface area contributed by atoms with Gasteiger partial charge in [0.25, 0.3) is 5.56 Å². The maximum atomic E-state index is 16.7. The van der Waals surface area contributed by atoms with E-state index in [4.69, 9.17) is 28.0 Å². The minimum Gasteiger partial charge on any atom is -0.414 e. The summed E-state index contributed by atoms with van der Waals surface area (Å²) in [7, 11) is -0.949. The molecule has 2 aromatic rings. The topological polar surface area (TPSA) is 114 Å².